The van der Waals surface area contributed by atoms with Gasteiger partial charge in [0, 0.05) is 11.8 Å². The lowest BCUT2D eigenvalue weighted by Crippen LogP contribution is -1.94. The van der Waals surface area contributed by atoms with Crippen molar-refractivity contribution in [2.75, 3.05) is 0 Å². The van der Waals surface area contributed by atoms with E-state index >= 15 is 0 Å². The molecule has 0 saturated heterocycles. The Bertz CT molecular complexity index is 515. The topological polar surface area (TPSA) is 55.1 Å². The molecule has 16 heavy (non-hydrogen) atoms. The molecule has 0 spiro atoms. The van der Waals surface area contributed by atoms with Crippen molar-refractivity contribution in [3.63, 3.8) is 0 Å². The van der Waals surface area contributed by atoms with Gasteiger partial charge in [-0.05, 0) is 18.2 Å². The molecule has 4 nitrogen and oxygen atoms in total. The van der Waals surface area contributed by atoms with E-state index in [4.69, 9.17) is 5.11 Å². The average Bonchev–Trinajstić information content (AvgIpc) is 2.75. The molecule has 1 aromatic carbocycles. The number of hydrogen-bond donors (Lipinski definition) is 1. The molecule has 0 atom stereocenters. The number of carboxylic acids is 1. The predicted octanol–water partition coefficient (Wildman–Crippen LogP) is 1.97. The van der Waals surface area contributed by atoms with Crippen molar-refractivity contribution in [1.82, 2.24) is 9.55 Å². The van der Waals surface area contributed by atoms with Gasteiger partial charge in [-0.25, -0.2) is 9.78 Å². The average molecular weight is 214 g/mol. The molecule has 2 aromatic rings. The van der Waals surface area contributed by atoms with E-state index in [2.05, 4.69) is 4.98 Å². The van der Waals surface area contributed by atoms with E-state index in [0.717, 1.165) is 17.5 Å². The molecule has 0 aliphatic carbocycles. The molecular weight excluding hydrogens is 204 g/mol. The van der Waals surface area contributed by atoms with E-state index < -0.39 is 5.97 Å². The summed E-state index contributed by atoms with van der Waals surface area (Å²) in [6.07, 6.45) is 5.88. The van der Waals surface area contributed by atoms with Crippen LogP contribution in [0.25, 0.3) is 11.8 Å². The molecule has 0 aliphatic heterocycles. The third kappa shape index (κ3) is 2.17. The first kappa shape index (κ1) is 10.2. The minimum absolute atomic E-state index is 0.730. The summed E-state index contributed by atoms with van der Waals surface area (Å²) >= 11 is 0. The Morgan fingerprint density at radius 1 is 1.31 bits per heavy atom. The first-order valence-electron chi connectivity index (χ1n) is 4.76. The summed E-state index contributed by atoms with van der Waals surface area (Å²) < 4.78 is 1.82. The lowest BCUT2D eigenvalue weighted by molar-refractivity contribution is -0.131. The Kier molecular flexibility index (Phi) is 2.82. The zero-order chi connectivity index (χ0) is 11.4. The highest BCUT2D eigenvalue weighted by Gasteiger charge is 2.00. The number of carbonyl (C=O) groups is 1. The largest absolute Gasteiger partial charge is 0.478 e. The molecule has 80 valence electrons. The van der Waals surface area contributed by atoms with Crippen molar-refractivity contribution in [3.05, 3.63) is 54.6 Å². The molecule has 0 radical (unpaired) electrons. The molecule has 0 amide bonds. The summed E-state index contributed by atoms with van der Waals surface area (Å²) in [5, 5.41) is 8.56. The SMILES string of the molecule is O=C(O)/C=C/c1cncn1-c1ccccc1. The van der Waals surface area contributed by atoms with Gasteiger partial charge in [0.2, 0.25) is 0 Å². The van der Waals surface area contributed by atoms with Crippen LogP contribution >= 0.6 is 0 Å². The fraction of sp³-hybridized carbons (Fsp3) is 0. The van der Waals surface area contributed by atoms with Gasteiger partial charge in [0.05, 0.1) is 18.2 Å². The Morgan fingerprint density at radius 3 is 2.75 bits per heavy atom. The van der Waals surface area contributed by atoms with Gasteiger partial charge in [0.15, 0.2) is 0 Å². The first-order valence-corrected chi connectivity index (χ1v) is 4.76. The number of nitrogens with zero attached hydrogens (tertiary/aromatic N) is 2. The van der Waals surface area contributed by atoms with Crippen molar-refractivity contribution in [2.24, 2.45) is 0 Å². The Morgan fingerprint density at radius 2 is 2.06 bits per heavy atom. The normalized spacial score (nSPS) is 10.8. The summed E-state index contributed by atoms with van der Waals surface area (Å²) in [7, 11) is 0. The van der Waals surface area contributed by atoms with Crippen molar-refractivity contribution < 1.29 is 9.90 Å². The van der Waals surface area contributed by atoms with Crippen LogP contribution in [0.1, 0.15) is 5.69 Å². The molecular formula is C12H10N2O2. The fourth-order valence-electron chi connectivity index (χ4n) is 1.39. The van der Waals surface area contributed by atoms with Crippen LogP contribution in [0.2, 0.25) is 0 Å². The van der Waals surface area contributed by atoms with Crippen LogP contribution in [0.3, 0.4) is 0 Å². The van der Waals surface area contributed by atoms with Crippen LogP contribution < -0.4 is 0 Å². The maximum absolute atomic E-state index is 10.4. The highest BCUT2D eigenvalue weighted by Crippen LogP contribution is 2.11. The van der Waals surface area contributed by atoms with Gasteiger partial charge in [0.1, 0.15) is 0 Å². The molecule has 0 bridgehead atoms. The van der Waals surface area contributed by atoms with E-state index in [-0.39, 0.29) is 0 Å². The van der Waals surface area contributed by atoms with Crippen molar-refractivity contribution in [1.29, 1.82) is 0 Å². The van der Waals surface area contributed by atoms with Crippen molar-refractivity contribution >= 4 is 12.0 Å². The van der Waals surface area contributed by atoms with Crippen LogP contribution in [-0.2, 0) is 4.79 Å². The number of benzene rings is 1. The molecule has 2 rings (SSSR count). The summed E-state index contributed by atoms with van der Waals surface area (Å²) in [5.41, 5.74) is 1.68. The molecule has 1 heterocycles. The standard InChI is InChI=1S/C12H10N2O2/c15-12(16)7-6-11-8-13-9-14(11)10-4-2-1-3-5-10/h1-9H,(H,15,16)/b7-6+. The van der Waals surface area contributed by atoms with Crippen LogP contribution in [0.15, 0.2) is 48.9 Å². The lowest BCUT2D eigenvalue weighted by atomic mass is 10.3. The van der Waals surface area contributed by atoms with Crippen molar-refractivity contribution in [3.8, 4) is 5.69 Å². The number of imidazole rings is 1. The number of aromatic nitrogens is 2. The maximum atomic E-state index is 10.4. The minimum Gasteiger partial charge on any atom is -0.478 e. The third-order valence-electron chi connectivity index (χ3n) is 2.10. The Hall–Kier alpha value is -2.36. The third-order valence-corrected chi connectivity index (χ3v) is 2.10. The van der Waals surface area contributed by atoms with E-state index in [1.807, 2.05) is 34.9 Å². The molecule has 0 unspecified atom stereocenters. The number of rotatable bonds is 3. The summed E-state index contributed by atoms with van der Waals surface area (Å²) in [5.74, 6) is -0.971. The van der Waals surface area contributed by atoms with E-state index in [1.165, 1.54) is 6.08 Å². The second-order valence-electron chi connectivity index (χ2n) is 3.20. The van der Waals surface area contributed by atoms with Crippen LogP contribution in [-0.4, -0.2) is 20.6 Å². The summed E-state index contributed by atoms with van der Waals surface area (Å²) in [6.45, 7) is 0. The van der Waals surface area contributed by atoms with Gasteiger partial charge < -0.3 is 5.11 Å². The molecule has 1 N–H and O–H groups in total. The van der Waals surface area contributed by atoms with Gasteiger partial charge in [-0.15, -0.1) is 0 Å². The fourth-order valence-corrected chi connectivity index (χ4v) is 1.39. The van der Waals surface area contributed by atoms with Gasteiger partial charge in [-0.2, -0.15) is 0 Å². The molecule has 1 aromatic heterocycles. The second-order valence-corrected chi connectivity index (χ2v) is 3.20. The smallest absolute Gasteiger partial charge is 0.328 e. The summed E-state index contributed by atoms with van der Waals surface area (Å²) in [4.78, 5) is 14.4. The van der Waals surface area contributed by atoms with E-state index in [9.17, 15) is 4.79 Å². The predicted molar refractivity (Wildman–Crippen MR) is 60.2 cm³/mol. The summed E-state index contributed by atoms with van der Waals surface area (Å²) in [6, 6.07) is 9.62. The zero-order valence-electron chi connectivity index (χ0n) is 8.45. The van der Waals surface area contributed by atoms with Gasteiger partial charge in [0.25, 0.3) is 0 Å². The minimum atomic E-state index is -0.971. The number of carboxylic acid groups (broad SMARTS) is 1. The second kappa shape index (κ2) is 4.44. The number of para-hydroxylation sites is 1. The van der Waals surface area contributed by atoms with Crippen LogP contribution in [0, 0.1) is 0 Å². The highest BCUT2D eigenvalue weighted by molar-refractivity contribution is 5.85. The monoisotopic (exact) mass is 214 g/mol. The Balaban J connectivity index is 2.37. The lowest BCUT2D eigenvalue weighted by Gasteiger charge is -2.03. The first-order chi connectivity index (χ1) is 7.77. The molecule has 0 fully saturated rings. The van der Waals surface area contributed by atoms with Gasteiger partial charge in [-0.1, -0.05) is 18.2 Å². The quantitative estimate of drug-likeness (QED) is 0.795. The van der Waals surface area contributed by atoms with Gasteiger partial charge in [-0.3, -0.25) is 4.57 Å². The zero-order valence-corrected chi connectivity index (χ0v) is 8.45. The van der Waals surface area contributed by atoms with Crippen LogP contribution in [0.4, 0.5) is 0 Å². The van der Waals surface area contributed by atoms with Gasteiger partial charge >= 0.3 is 5.97 Å². The molecule has 4 heteroatoms. The maximum Gasteiger partial charge on any atom is 0.328 e. The van der Waals surface area contributed by atoms with E-state index in [1.54, 1.807) is 12.5 Å². The highest BCUT2D eigenvalue weighted by atomic mass is 16.4. The Labute approximate surface area is 92.5 Å². The van der Waals surface area contributed by atoms with Crippen molar-refractivity contribution in [2.45, 2.75) is 0 Å². The van der Waals surface area contributed by atoms with E-state index in [0.29, 0.717) is 0 Å². The molecule has 0 saturated carbocycles. The van der Waals surface area contributed by atoms with Crippen LogP contribution in [0.5, 0.6) is 0 Å². The molecule has 0 aliphatic rings. The number of aliphatic carboxylic acids is 1. The number of hydrogen-bond acceptors (Lipinski definition) is 2.